The summed E-state index contributed by atoms with van der Waals surface area (Å²) in [5.74, 6) is 1.75. The molecule has 0 aliphatic carbocycles. The van der Waals surface area contributed by atoms with Gasteiger partial charge in [0.15, 0.2) is 11.5 Å². The van der Waals surface area contributed by atoms with Crippen molar-refractivity contribution < 1.29 is 19.0 Å². The molecule has 1 aromatic heterocycles. The molecular formula is C16H18O4S. The molecule has 0 amide bonds. The predicted molar refractivity (Wildman–Crippen MR) is 83.1 cm³/mol. The third-order valence-corrected chi connectivity index (χ3v) is 3.76. The van der Waals surface area contributed by atoms with Crippen LogP contribution < -0.4 is 14.2 Å². The second-order valence-electron chi connectivity index (χ2n) is 4.17. The van der Waals surface area contributed by atoms with Crippen molar-refractivity contribution >= 4 is 17.1 Å². The highest BCUT2D eigenvalue weighted by Gasteiger charge is 2.18. The van der Waals surface area contributed by atoms with Gasteiger partial charge in [0.25, 0.3) is 0 Å². The maximum Gasteiger partial charge on any atom is 0.206 e. The van der Waals surface area contributed by atoms with Crippen LogP contribution in [0, 0.1) is 0 Å². The number of benzene rings is 1. The van der Waals surface area contributed by atoms with E-state index < -0.39 is 0 Å². The van der Waals surface area contributed by atoms with E-state index in [0.29, 0.717) is 40.9 Å². The Morgan fingerprint density at radius 1 is 1.05 bits per heavy atom. The third kappa shape index (κ3) is 3.36. The van der Waals surface area contributed by atoms with Crippen LogP contribution in [0.15, 0.2) is 29.6 Å². The van der Waals surface area contributed by atoms with Gasteiger partial charge < -0.3 is 14.2 Å². The van der Waals surface area contributed by atoms with E-state index in [-0.39, 0.29) is 5.78 Å². The van der Waals surface area contributed by atoms with Gasteiger partial charge in [-0.25, -0.2) is 0 Å². The first-order valence-corrected chi connectivity index (χ1v) is 7.65. The number of carbonyl (C=O) groups excluding carboxylic acids is 1. The topological polar surface area (TPSA) is 44.8 Å². The molecule has 0 N–H and O–H groups in total. The highest BCUT2D eigenvalue weighted by atomic mass is 32.1. The molecule has 4 nitrogen and oxygen atoms in total. The molecule has 5 heteroatoms. The second-order valence-corrected chi connectivity index (χ2v) is 5.09. The second kappa shape index (κ2) is 7.13. The van der Waals surface area contributed by atoms with Crippen LogP contribution in [0.5, 0.6) is 17.2 Å². The molecule has 0 saturated carbocycles. The summed E-state index contributed by atoms with van der Waals surface area (Å²) in [5.41, 5.74) is 0.558. The van der Waals surface area contributed by atoms with E-state index in [1.54, 1.807) is 31.4 Å². The number of rotatable bonds is 7. The summed E-state index contributed by atoms with van der Waals surface area (Å²) in [6.07, 6.45) is 0. The number of ketones is 1. The predicted octanol–water partition coefficient (Wildman–Crippen LogP) is 3.79. The van der Waals surface area contributed by atoms with Crippen molar-refractivity contribution in [3.8, 4) is 17.2 Å². The molecule has 112 valence electrons. The molecule has 0 bridgehead atoms. The monoisotopic (exact) mass is 306 g/mol. The molecule has 0 saturated heterocycles. The Morgan fingerprint density at radius 3 is 2.43 bits per heavy atom. The molecule has 2 aromatic rings. The van der Waals surface area contributed by atoms with E-state index in [9.17, 15) is 4.79 Å². The maximum absolute atomic E-state index is 12.5. The molecule has 0 unspecified atom stereocenters. The van der Waals surface area contributed by atoms with Crippen molar-refractivity contribution in [3.63, 3.8) is 0 Å². The zero-order valence-corrected chi connectivity index (χ0v) is 13.2. The Balaban J connectivity index is 2.35. The zero-order chi connectivity index (χ0) is 15.2. The van der Waals surface area contributed by atoms with Crippen LogP contribution in [0.4, 0.5) is 0 Å². The Labute approximate surface area is 128 Å². The summed E-state index contributed by atoms with van der Waals surface area (Å²) >= 11 is 1.36. The van der Waals surface area contributed by atoms with Gasteiger partial charge in [0.05, 0.1) is 20.3 Å². The number of thiophene rings is 1. The highest BCUT2D eigenvalue weighted by molar-refractivity contribution is 7.12. The fourth-order valence-corrected chi connectivity index (χ4v) is 2.77. The fourth-order valence-electron chi connectivity index (χ4n) is 1.95. The van der Waals surface area contributed by atoms with E-state index in [1.165, 1.54) is 11.3 Å². The largest absolute Gasteiger partial charge is 0.495 e. The molecule has 0 spiro atoms. The Kier molecular flexibility index (Phi) is 5.22. The Bertz CT molecular complexity index is 618. The van der Waals surface area contributed by atoms with Crippen LogP contribution in [-0.2, 0) is 0 Å². The van der Waals surface area contributed by atoms with Crippen molar-refractivity contribution in [3.05, 3.63) is 40.1 Å². The van der Waals surface area contributed by atoms with Gasteiger partial charge in [0, 0.05) is 5.56 Å². The average molecular weight is 306 g/mol. The Hall–Kier alpha value is -2.01. The molecule has 1 aromatic carbocycles. The lowest BCUT2D eigenvalue weighted by molar-refractivity contribution is 0.103. The summed E-state index contributed by atoms with van der Waals surface area (Å²) in [7, 11) is 1.56. The molecule has 0 atom stereocenters. The molecule has 0 aliphatic heterocycles. The van der Waals surface area contributed by atoms with Gasteiger partial charge in [0.1, 0.15) is 10.6 Å². The van der Waals surface area contributed by atoms with E-state index in [4.69, 9.17) is 14.2 Å². The quantitative estimate of drug-likeness (QED) is 0.730. The summed E-state index contributed by atoms with van der Waals surface area (Å²) in [5, 5.41) is 1.84. The lowest BCUT2D eigenvalue weighted by Crippen LogP contribution is -2.04. The first-order chi connectivity index (χ1) is 10.2. The van der Waals surface area contributed by atoms with Gasteiger partial charge in [-0.3, -0.25) is 4.79 Å². The molecule has 2 rings (SSSR count). The van der Waals surface area contributed by atoms with Gasteiger partial charge >= 0.3 is 0 Å². The van der Waals surface area contributed by atoms with Crippen molar-refractivity contribution in [1.29, 1.82) is 0 Å². The molecule has 21 heavy (non-hydrogen) atoms. The van der Waals surface area contributed by atoms with E-state index >= 15 is 0 Å². The standard InChI is InChI=1S/C16H18O4S/c1-4-19-12-7-6-11(10-14(12)20-5-2)15(17)16-13(18-3)8-9-21-16/h6-10H,4-5H2,1-3H3. The summed E-state index contributed by atoms with van der Waals surface area (Å²) in [4.78, 5) is 13.1. The summed E-state index contributed by atoms with van der Waals surface area (Å²) < 4.78 is 16.3. The Morgan fingerprint density at radius 2 is 1.76 bits per heavy atom. The van der Waals surface area contributed by atoms with Gasteiger partial charge in [-0.05, 0) is 43.5 Å². The minimum Gasteiger partial charge on any atom is -0.495 e. The smallest absolute Gasteiger partial charge is 0.206 e. The van der Waals surface area contributed by atoms with Crippen molar-refractivity contribution in [2.75, 3.05) is 20.3 Å². The number of carbonyl (C=O) groups is 1. The molecular weight excluding hydrogens is 288 g/mol. The number of ether oxygens (including phenoxy) is 3. The van der Waals surface area contributed by atoms with Crippen molar-refractivity contribution in [1.82, 2.24) is 0 Å². The van der Waals surface area contributed by atoms with Crippen molar-refractivity contribution in [2.24, 2.45) is 0 Å². The average Bonchev–Trinajstić information content (AvgIpc) is 2.97. The molecule has 0 radical (unpaired) electrons. The van der Waals surface area contributed by atoms with Crippen LogP contribution in [0.1, 0.15) is 29.1 Å². The van der Waals surface area contributed by atoms with Crippen molar-refractivity contribution in [2.45, 2.75) is 13.8 Å². The first kappa shape index (κ1) is 15.4. The SMILES string of the molecule is CCOc1ccc(C(=O)c2sccc2OC)cc1OCC. The van der Waals surface area contributed by atoms with Gasteiger partial charge in [-0.2, -0.15) is 0 Å². The molecule has 0 aliphatic rings. The number of hydrogen-bond donors (Lipinski definition) is 0. The van der Waals surface area contributed by atoms with Gasteiger partial charge in [-0.1, -0.05) is 0 Å². The fraction of sp³-hybridized carbons (Fsp3) is 0.312. The number of hydrogen-bond acceptors (Lipinski definition) is 5. The third-order valence-electron chi connectivity index (χ3n) is 2.86. The minimum atomic E-state index is -0.0779. The van der Waals surface area contributed by atoms with Crippen LogP contribution in [0.3, 0.4) is 0 Å². The lowest BCUT2D eigenvalue weighted by Gasteiger charge is -2.12. The van der Waals surface area contributed by atoms with E-state index in [1.807, 2.05) is 19.2 Å². The normalized spacial score (nSPS) is 10.2. The summed E-state index contributed by atoms with van der Waals surface area (Å²) in [6, 6.07) is 7.02. The zero-order valence-electron chi connectivity index (χ0n) is 12.3. The lowest BCUT2D eigenvalue weighted by atomic mass is 10.1. The summed E-state index contributed by atoms with van der Waals surface area (Å²) in [6.45, 7) is 4.87. The van der Waals surface area contributed by atoms with Gasteiger partial charge in [-0.15, -0.1) is 11.3 Å². The van der Waals surface area contributed by atoms with Gasteiger partial charge in [0.2, 0.25) is 5.78 Å². The van der Waals surface area contributed by atoms with Crippen LogP contribution in [-0.4, -0.2) is 26.1 Å². The van der Waals surface area contributed by atoms with Crippen LogP contribution in [0.2, 0.25) is 0 Å². The van der Waals surface area contributed by atoms with Crippen LogP contribution >= 0.6 is 11.3 Å². The minimum absolute atomic E-state index is 0.0779. The first-order valence-electron chi connectivity index (χ1n) is 6.77. The maximum atomic E-state index is 12.5. The number of methoxy groups -OCH3 is 1. The highest BCUT2D eigenvalue weighted by Crippen LogP contribution is 2.32. The van der Waals surface area contributed by atoms with E-state index in [0.717, 1.165) is 0 Å². The van der Waals surface area contributed by atoms with Crippen LogP contribution in [0.25, 0.3) is 0 Å². The molecule has 0 fully saturated rings. The van der Waals surface area contributed by atoms with E-state index in [2.05, 4.69) is 0 Å². The molecule has 1 heterocycles.